The molecule has 1 aromatic carbocycles. The number of nitrogens with two attached hydrogens (primary N) is 1. The average Bonchev–Trinajstić information content (AvgIpc) is 3.26. The Balaban J connectivity index is 1.40. The predicted octanol–water partition coefficient (Wildman–Crippen LogP) is 6.02. The van der Waals surface area contributed by atoms with Gasteiger partial charge in [-0.1, -0.05) is 44.6 Å². The smallest absolute Gasteiger partial charge is 0.100 e. The molecule has 3 heteroatoms. The molecule has 0 bridgehead atoms. The summed E-state index contributed by atoms with van der Waals surface area (Å²) < 4.78 is 2.34. The Hall–Kier alpha value is -1.87. The molecule has 4 aliphatic rings. The van der Waals surface area contributed by atoms with Gasteiger partial charge in [0, 0.05) is 17.2 Å². The average molecular weight is 402 g/mol. The molecule has 0 radical (unpaired) electrons. The number of fused-ring (bicyclic) bond motifs is 6. The van der Waals surface area contributed by atoms with Crippen molar-refractivity contribution in [3.8, 4) is 0 Å². The highest BCUT2D eigenvalue weighted by atomic mass is 15.1. The molecule has 6 rings (SSSR count). The third-order valence-electron chi connectivity index (χ3n) is 9.66. The number of nitrogens with zero attached hydrogens (tertiary/aromatic N) is 2. The van der Waals surface area contributed by atoms with Crippen molar-refractivity contribution in [1.29, 1.82) is 0 Å². The Morgan fingerprint density at radius 1 is 1.10 bits per heavy atom. The van der Waals surface area contributed by atoms with Crippen molar-refractivity contribution in [3.63, 3.8) is 0 Å². The number of para-hydroxylation sites is 2. The van der Waals surface area contributed by atoms with Crippen LogP contribution in [0.5, 0.6) is 0 Å². The van der Waals surface area contributed by atoms with E-state index < -0.39 is 0 Å². The lowest BCUT2D eigenvalue weighted by molar-refractivity contribution is -0.0203. The van der Waals surface area contributed by atoms with Crippen molar-refractivity contribution in [2.45, 2.75) is 65.3 Å². The van der Waals surface area contributed by atoms with Gasteiger partial charge in [0.1, 0.15) is 6.33 Å². The third-order valence-corrected chi connectivity index (χ3v) is 9.66. The van der Waals surface area contributed by atoms with Crippen LogP contribution in [0.25, 0.3) is 16.7 Å². The van der Waals surface area contributed by atoms with Crippen molar-refractivity contribution in [2.24, 2.45) is 40.2 Å². The molecule has 2 aromatic rings. The maximum absolute atomic E-state index is 6.92. The van der Waals surface area contributed by atoms with E-state index in [9.17, 15) is 0 Å². The number of hydrogen-bond acceptors (Lipinski definition) is 2. The Labute approximate surface area is 180 Å². The first-order valence-electron chi connectivity index (χ1n) is 12.0. The van der Waals surface area contributed by atoms with E-state index in [0.717, 1.165) is 17.4 Å². The monoisotopic (exact) mass is 401 g/mol. The Morgan fingerprint density at radius 3 is 2.77 bits per heavy atom. The first kappa shape index (κ1) is 18.9. The van der Waals surface area contributed by atoms with Crippen molar-refractivity contribution < 1.29 is 0 Å². The largest absolute Gasteiger partial charge is 0.324 e. The van der Waals surface area contributed by atoms with Crippen LogP contribution in [0.2, 0.25) is 0 Å². The molecule has 2 N–H and O–H groups in total. The molecule has 0 aliphatic heterocycles. The standard InChI is InChI=1S/C27H35N3/c1-17-10-12-26(2)18(14-17)8-9-19-20(26)11-13-27(3)24(15-21(28)25(19)27)30-16-29-22-6-4-5-7-23(22)30/h4-8,15-17,19-21,25H,9-14,28H2,1-3H3/t17-,19?,20?,21?,25?,26-,27+/m0/s1. The minimum Gasteiger partial charge on any atom is -0.324 e. The van der Waals surface area contributed by atoms with Gasteiger partial charge < -0.3 is 10.3 Å². The summed E-state index contributed by atoms with van der Waals surface area (Å²) in [6, 6.07) is 8.63. The first-order valence-corrected chi connectivity index (χ1v) is 12.0. The number of aromatic nitrogens is 2. The molecule has 3 nitrogen and oxygen atoms in total. The molecule has 0 saturated heterocycles. The summed E-state index contributed by atoms with van der Waals surface area (Å²) in [5, 5.41) is 0. The second-order valence-corrected chi connectivity index (χ2v) is 11.2. The number of imidazole rings is 1. The molecule has 4 unspecified atom stereocenters. The lowest BCUT2D eigenvalue weighted by Crippen LogP contribution is -2.53. The molecule has 2 fully saturated rings. The molecule has 1 heterocycles. The minimum absolute atomic E-state index is 0.133. The fraction of sp³-hybridized carbons (Fsp3) is 0.593. The van der Waals surface area contributed by atoms with E-state index in [1.807, 2.05) is 6.33 Å². The highest BCUT2D eigenvalue weighted by molar-refractivity contribution is 5.80. The van der Waals surface area contributed by atoms with Crippen LogP contribution in [0, 0.1) is 34.5 Å². The summed E-state index contributed by atoms with van der Waals surface area (Å²) >= 11 is 0. The quantitative estimate of drug-likeness (QED) is 0.594. The fourth-order valence-electron chi connectivity index (χ4n) is 8.09. The van der Waals surface area contributed by atoms with Gasteiger partial charge in [-0.25, -0.2) is 4.98 Å². The van der Waals surface area contributed by atoms with Crippen LogP contribution in [-0.2, 0) is 0 Å². The maximum Gasteiger partial charge on any atom is 0.100 e. The molecule has 7 atom stereocenters. The van der Waals surface area contributed by atoms with E-state index in [1.165, 1.54) is 49.7 Å². The van der Waals surface area contributed by atoms with Crippen molar-refractivity contribution >= 4 is 16.7 Å². The van der Waals surface area contributed by atoms with Gasteiger partial charge in [-0.3, -0.25) is 0 Å². The van der Waals surface area contributed by atoms with Gasteiger partial charge in [0.2, 0.25) is 0 Å². The highest BCUT2D eigenvalue weighted by Gasteiger charge is 2.59. The number of benzene rings is 1. The van der Waals surface area contributed by atoms with Gasteiger partial charge in [-0.15, -0.1) is 0 Å². The van der Waals surface area contributed by atoms with E-state index >= 15 is 0 Å². The molecular formula is C27H35N3. The van der Waals surface area contributed by atoms with Crippen LogP contribution in [0.1, 0.15) is 59.3 Å². The van der Waals surface area contributed by atoms with Gasteiger partial charge in [-0.05, 0) is 85.8 Å². The molecule has 1 aromatic heterocycles. The second kappa shape index (κ2) is 6.32. The summed E-state index contributed by atoms with van der Waals surface area (Å²) in [6.45, 7) is 7.51. The summed E-state index contributed by atoms with van der Waals surface area (Å²) in [5.74, 6) is 2.87. The van der Waals surface area contributed by atoms with Gasteiger partial charge in [0.25, 0.3) is 0 Å². The van der Waals surface area contributed by atoms with E-state index in [4.69, 9.17) is 5.73 Å². The second-order valence-electron chi connectivity index (χ2n) is 11.2. The van der Waals surface area contributed by atoms with E-state index in [2.05, 4.69) is 66.7 Å². The SMILES string of the molecule is C[C@H]1CC[C@@]2(C)C(=CCC3C2CC[C@]2(C)C(n4cnc5ccccc54)=CC(N)C32)C1. The third kappa shape index (κ3) is 2.39. The van der Waals surface area contributed by atoms with E-state index in [-0.39, 0.29) is 11.5 Å². The first-order chi connectivity index (χ1) is 14.4. The molecular weight excluding hydrogens is 366 g/mol. The fourth-order valence-corrected chi connectivity index (χ4v) is 8.09. The molecule has 30 heavy (non-hydrogen) atoms. The summed E-state index contributed by atoms with van der Waals surface area (Å²) in [4.78, 5) is 4.68. The molecule has 4 aliphatic carbocycles. The summed E-state index contributed by atoms with van der Waals surface area (Å²) in [7, 11) is 0. The van der Waals surface area contributed by atoms with Gasteiger partial charge >= 0.3 is 0 Å². The molecule has 158 valence electrons. The minimum atomic E-state index is 0.133. The van der Waals surface area contributed by atoms with Gasteiger partial charge in [-0.2, -0.15) is 0 Å². The zero-order chi connectivity index (χ0) is 20.7. The number of allylic oxidation sites excluding steroid dienone is 3. The van der Waals surface area contributed by atoms with Crippen molar-refractivity contribution in [1.82, 2.24) is 9.55 Å². The Kier molecular flexibility index (Phi) is 3.98. The van der Waals surface area contributed by atoms with Gasteiger partial charge in [0.05, 0.1) is 11.0 Å². The normalized spacial score (nSPS) is 42.9. The van der Waals surface area contributed by atoms with E-state index in [1.54, 1.807) is 5.57 Å². The van der Waals surface area contributed by atoms with Gasteiger partial charge in [0.15, 0.2) is 0 Å². The molecule has 2 saturated carbocycles. The van der Waals surface area contributed by atoms with E-state index in [0.29, 0.717) is 17.3 Å². The Morgan fingerprint density at radius 2 is 1.90 bits per heavy atom. The van der Waals surface area contributed by atoms with Crippen LogP contribution in [0.3, 0.4) is 0 Å². The zero-order valence-electron chi connectivity index (χ0n) is 18.6. The number of rotatable bonds is 1. The summed E-state index contributed by atoms with van der Waals surface area (Å²) in [5.41, 5.74) is 12.9. The van der Waals surface area contributed by atoms with Crippen LogP contribution >= 0.6 is 0 Å². The van der Waals surface area contributed by atoms with Crippen molar-refractivity contribution in [3.05, 3.63) is 48.3 Å². The van der Waals surface area contributed by atoms with Crippen LogP contribution in [0.4, 0.5) is 0 Å². The predicted molar refractivity (Wildman–Crippen MR) is 124 cm³/mol. The summed E-state index contributed by atoms with van der Waals surface area (Å²) in [6.07, 6.45) is 14.9. The van der Waals surface area contributed by atoms with Crippen LogP contribution in [0.15, 0.2) is 48.3 Å². The topological polar surface area (TPSA) is 43.8 Å². The lowest BCUT2D eigenvalue weighted by Gasteiger charge is -2.58. The van der Waals surface area contributed by atoms with Crippen LogP contribution < -0.4 is 5.73 Å². The van der Waals surface area contributed by atoms with Crippen LogP contribution in [-0.4, -0.2) is 15.6 Å². The maximum atomic E-state index is 6.92. The highest BCUT2D eigenvalue weighted by Crippen LogP contribution is 2.65. The zero-order valence-corrected chi connectivity index (χ0v) is 18.6. The number of hydrogen-bond donors (Lipinski definition) is 1. The molecule has 0 spiro atoms. The lowest BCUT2D eigenvalue weighted by atomic mass is 9.47. The molecule has 0 amide bonds. The van der Waals surface area contributed by atoms with Crippen molar-refractivity contribution in [2.75, 3.05) is 0 Å². The Bertz CT molecular complexity index is 1060.